The maximum Gasteiger partial charge on any atom is 0.158 e. The second-order valence-corrected chi connectivity index (χ2v) is 5.34. The highest BCUT2D eigenvalue weighted by molar-refractivity contribution is 6.16. The van der Waals surface area contributed by atoms with Crippen LogP contribution < -0.4 is 0 Å². The van der Waals surface area contributed by atoms with Crippen molar-refractivity contribution in [2.45, 2.75) is 38.7 Å². The van der Waals surface area contributed by atoms with Crippen LogP contribution in [0.1, 0.15) is 24.9 Å². The molecule has 112 valence electrons. The van der Waals surface area contributed by atoms with Crippen LogP contribution in [0.15, 0.2) is 18.5 Å². The van der Waals surface area contributed by atoms with E-state index < -0.39 is 0 Å². The van der Waals surface area contributed by atoms with Crippen molar-refractivity contribution in [1.82, 2.24) is 29.1 Å². The van der Waals surface area contributed by atoms with E-state index >= 15 is 0 Å². The van der Waals surface area contributed by atoms with Gasteiger partial charge in [-0.2, -0.15) is 10.2 Å². The largest absolute Gasteiger partial charge is 0.310 e. The van der Waals surface area contributed by atoms with Gasteiger partial charge in [-0.15, -0.1) is 11.6 Å². The van der Waals surface area contributed by atoms with Crippen LogP contribution in [0.3, 0.4) is 0 Å². The van der Waals surface area contributed by atoms with Crippen molar-refractivity contribution in [3.05, 3.63) is 30.0 Å². The van der Waals surface area contributed by atoms with E-state index in [-0.39, 0.29) is 0 Å². The van der Waals surface area contributed by atoms with Crippen molar-refractivity contribution in [2.24, 2.45) is 7.05 Å². The summed E-state index contributed by atoms with van der Waals surface area (Å²) in [5, 5.41) is 8.82. The summed E-state index contributed by atoms with van der Waals surface area (Å²) >= 11 is 6.07. The fourth-order valence-electron chi connectivity index (χ4n) is 2.66. The second kappa shape index (κ2) is 5.89. The molecule has 0 bridgehead atoms. The Balaban J connectivity index is 1.99. The van der Waals surface area contributed by atoms with Crippen molar-refractivity contribution in [1.29, 1.82) is 0 Å². The van der Waals surface area contributed by atoms with Gasteiger partial charge in [0.25, 0.3) is 0 Å². The summed E-state index contributed by atoms with van der Waals surface area (Å²) in [5.74, 6) is 1.29. The van der Waals surface area contributed by atoms with E-state index in [9.17, 15) is 0 Å². The Labute approximate surface area is 128 Å². The molecular formula is C14H19ClN6. The first-order valence-corrected chi connectivity index (χ1v) is 7.72. The van der Waals surface area contributed by atoms with Gasteiger partial charge in [0, 0.05) is 26.0 Å². The Bertz CT molecular complexity index is 724. The van der Waals surface area contributed by atoms with Crippen molar-refractivity contribution in [3.8, 4) is 0 Å². The van der Waals surface area contributed by atoms with Gasteiger partial charge < -0.3 is 4.57 Å². The molecule has 0 aliphatic heterocycles. The molecule has 21 heavy (non-hydrogen) atoms. The summed E-state index contributed by atoms with van der Waals surface area (Å²) in [6.45, 7) is 3.72. The van der Waals surface area contributed by atoms with Gasteiger partial charge in [0.05, 0.1) is 18.1 Å². The Hall–Kier alpha value is -1.82. The number of fused-ring (bicyclic) bond motifs is 1. The molecule has 0 fully saturated rings. The van der Waals surface area contributed by atoms with E-state index in [1.54, 1.807) is 6.20 Å². The molecule has 0 N–H and O–H groups in total. The SMILES string of the molecule is CCCc1nn(C)c2c1nc(CCl)n2CCn1cccn1. The number of aromatic nitrogens is 6. The second-order valence-electron chi connectivity index (χ2n) is 5.07. The van der Waals surface area contributed by atoms with Crippen molar-refractivity contribution < 1.29 is 0 Å². The molecule has 3 aromatic heterocycles. The minimum atomic E-state index is 0.402. The molecule has 0 unspecified atom stereocenters. The summed E-state index contributed by atoms with van der Waals surface area (Å²) in [6.07, 6.45) is 5.74. The van der Waals surface area contributed by atoms with Crippen LogP contribution in [-0.2, 0) is 32.4 Å². The fraction of sp³-hybridized carbons (Fsp3) is 0.500. The molecule has 6 nitrogen and oxygen atoms in total. The molecule has 0 aliphatic carbocycles. The first kappa shape index (κ1) is 14.1. The van der Waals surface area contributed by atoms with Crippen LogP contribution in [0.5, 0.6) is 0 Å². The number of nitrogens with zero attached hydrogens (tertiary/aromatic N) is 6. The lowest BCUT2D eigenvalue weighted by molar-refractivity contribution is 0.525. The Morgan fingerprint density at radius 2 is 2.14 bits per heavy atom. The molecule has 0 saturated heterocycles. The fourth-order valence-corrected chi connectivity index (χ4v) is 2.87. The number of halogens is 1. The molecule has 3 heterocycles. The molecule has 0 spiro atoms. The van der Waals surface area contributed by atoms with Crippen molar-refractivity contribution >= 4 is 22.8 Å². The third kappa shape index (κ3) is 2.55. The summed E-state index contributed by atoms with van der Waals surface area (Å²) in [4.78, 5) is 4.69. The van der Waals surface area contributed by atoms with Crippen LogP contribution in [0.4, 0.5) is 0 Å². The first-order chi connectivity index (χ1) is 10.2. The number of hydrogen-bond acceptors (Lipinski definition) is 3. The lowest BCUT2D eigenvalue weighted by atomic mass is 10.2. The van der Waals surface area contributed by atoms with E-state index in [1.807, 2.05) is 28.7 Å². The Kier molecular flexibility index (Phi) is 3.96. The smallest absolute Gasteiger partial charge is 0.158 e. The summed E-state index contributed by atoms with van der Waals surface area (Å²) in [5.41, 5.74) is 3.08. The van der Waals surface area contributed by atoms with Gasteiger partial charge in [-0.05, 0) is 12.5 Å². The molecule has 0 aliphatic rings. The van der Waals surface area contributed by atoms with Crippen LogP contribution in [0.2, 0.25) is 0 Å². The quantitative estimate of drug-likeness (QED) is 0.657. The molecule has 0 amide bonds. The number of aryl methyl sites for hydroxylation is 4. The Morgan fingerprint density at radius 1 is 1.29 bits per heavy atom. The maximum absolute atomic E-state index is 6.07. The molecule has 0 saturated carbocycles. The van der Waals surface area contributed by atoms with Gasteiger partial charge in [-0.3, -0.25) is 9.36 Å². The van der Waals surface area contributed by atoms with Crippen molar-refractivity contribution in [2.75, 3.05) is 0 Å². The monoisotopic (exact) mass is 306 g/mol. The maximum atomic E-state index is 6.07. The number of alkyl halides is 1. The van der Waals surface area contributed by atoms with Crippen molar-refractivity contribution in [3.63, 3.8) is 0 Å². The standard InChI is InChI=1S/C14H19ClN6/c1-3-5-11-13-14(19(2)18-11)21(12(10-15)17-13)9-8-20-7-4-6-16-20/h4,6-7H,3,5,8-10H2,1-2H3. The topological polar surface area (TPSA) is 53.5 Å². The summed E-state index contributed by atoms with van der Waals surface area (Å²) in [6, 6.07) is 1.93. The van der Waals surface area contributed by atoms with E-state index in [0.29, 0.717) is 5.88 Å². The summed E-state index contributed by atoms with van der Waals surface area (Å²) in [7, 11) is 1.96. The van der Waals surface area contributed by atoms with Crippen LogP contribution >= 0.6 is 11.6 Å². The molecule has 3 aromatic rings. The predicted molar refractivity (Wildman–Crippen MR) is 82.3 cm³/mol. The number of imidazole rings is 1. The lowest BCUT2D eigenvalue weighted by Gasteiger charge is -2.08. The average molecular weight is 307 g/mol. The molecule has 7 heteroatoms. The number of rotatable bonds is 6. The average Bonchev–Trinajstić information content (AvgIpc) is 3.16. The predicted octanol–water partition coefficient (Wildman–Crippen LogP) is 2.36. The highest BCUT2D eigenvalue weighted by atomic mass is 35.5. The number of hydrogen-bond donors (Lipinski definition) is 0. The zero-order chi connectivity index (χ0) is 14.8. The minimum absolute atomic E-state index is 0.402. The zero-order valence-corrected chi connectivity index (χ0v) is 13.1. The van der Waals surface area contributed by atoms with Crippen LogP contribution in [-0.4, -0.2) is 29.1 Å². The minimum Gasteiger partial charge on any atom is -0.310 e. The highest BCUT2D eigenvalue weighted by Gasteiger charge is 2.18. The Morgan fingerprint density at radius 3 is 2.81 bits per heavy atom. The normalized spacial score (nSPS) is 11.6. The molecule has 0 radical (unpaired) electrons. The molecule has 0 atom stereocenters. The molecule has 0 aromatic carbocycles. The lowest BCUT2D eigenvalue weighted by Crippen LogP contribution is -2.12. The van der Waals surface area contributed by atoms with Gasteiger partial charge in [-0.25, -0.2) is 4.98 Å². The first-order valence-electron chi connectivity index (χ1n) is 7.19. The van der Waals surface area contributed by atoms with Gasteiger partial charge in [0.15, 0.2) is 5.65 Å². The van der Waals surface area contributed by atoms with E-state index in [1.165, 1.54) is 0 Å². The molecule has 3 rings (SSSR count). The van der Waals surface area contributed by atoms with Crippen LogP contribution in [0, 0.1) is 0 Å². The van der Waals surface area contributed by atoms with Gasteiger partial charge in [0.2, 0.25) is 0 Å². The van der Waals surface area contributed by atoms with Gasteiger partial charge in [0.1, 0.15) is 11.3 Å². The highest BCUT2D eigenvalue weighted by Crippen LogP contribution is 2.21. The van der Waals surface area contributed by atoms with E-state index in [4.69, 9.17) is 11.6 Å². The van der Waals surface area contributed by atoms with Gasteiger partial charge >= 0.3 is 0 Å². The van der Waals surface area contributed by atoms with Gasteiger partial charge in [-0.1, -0.05) is 13.3 Å². The van der Waals surface area contributed by atoms with Crippen LogP contribution in [0.25, 0.3) is 11.2 Å². The molecular weight excluding hydrogens is 288 g/mol. The zero-order valence-electron chi connectivity index (χ0n) is 12.3. The van der Waals surface area contributed by atoms with E-state index in [0.717, 1.165) is 48.6 Å². The third-order valence-corrected chi connectivity index (χ3v) is 3.83. The summed E-state index contributed by atoms with van der Waals surface area (Å²) < 4.78 is 5.97. The van der Waals surface area contributed by atoms with E-state index in [2.05, 4.69) is 26.7 Å². The third-order valence-electron chi connectivity index (χ3n) is 3.59.